The van der Waals surface area contributed by atoms with Crippen molar-refractivity contribution in [2.24, 2.45) is 5.92 Å². The van der Waals surface area contributed by atoms with E-state index in [1.165, 1.54) is 6.92 Å². The molecule has 2 rings (SSSR count). The molecule has 0 aliphatic rings. The van der Waals surface area contributed by atoms with E-state index in [0.29, 0.717) is 16.8 Å². The van der Waals surface area contributed by atoms with E-state index in [9.17, 15) is 4.79 Å². The Hall–Kier alpha value is -2.82. The Labute approximate surface area is 148 Å². The zero-order valence-corrected chi connectivity index (χ0v) is 15.0. The van der Waals surface area contributed by atoms with Crippen molar-refractivity contribution in [3.63, 3.8) is 0 Å². The molecule has 0 aliphatic carbocycles. The van der Waals surface area contributed by atoms with Crippen LogP contribution in [-0.4, -0.2) is 22.6 Å². The lowest BCUT2D eigenvalue weighted by molar-refractivity contribution is 0.0939. The molecule has 130 valence electrons. The summed E-state index contributed by atoms with van der Waals surface area (Å²) in [5, 5.41) is 15.1. The van der Waals surface area contributed by atoms with Crippen LogP contribution < -0.4 is 0 Å². The molecule has 0 spiro atoms. The summed E-state index contributed by atoms with van der Waals surface area (Å²) in [4.78, 5) is 17.1. The second-order valence-electron chi connectivity index (χ2n) is 6.13. The van der Waals surface area contributed by atoms with Gasteiger partial charge in [-0.3, -0.25) is 20.6 Å². The zero-order chi connectivity index (χ0) is 18.6. The first-order valence-corrected chi connectivity index (χ1v) is 8.29. The highest BCUT2D eigenvalue weighted by Crippen LogP contribution is 2.27. The topological polar surface area (TPSA) is 86.9 Å². The van der Waals surface area contributed by atoms with Crippen molar-refractivity contribution in [2.75, 3.05) is 0 Å². The first-order valence-electron chi connectivity index (χ1n) is 8.29. The molecule has 1 aromatic carbocycles. The van der Waals surface area contributed by atoms with Gasteiger partial charge in [0.1, 0.15) is 0 Å². The Morgan fingerprint density at radius 2 is 1.80 bits per heavy atom. The van der Waals surface area contributed by atoms with E-state index in [0.717, 1.165) is 17.5 Å². The van der Waals surface area contributed by atoms with Gasteiger partial charge in [-0.05, 0) is 30.2 Å². The minimum absolute atomic E-state index is 0.0313. The molecule has 5 heteroatoms. The first kappa shape index (κ1) is 18.5. The number of carbonyl (C=O) groups excluding carboxylic acids is 1. The number of nitrogens with one attached hydrogen (secondary N) is 2. The van der Waals surface area contributed by atoms with Crippen LogP contribution in [0.2, 0.25) is 0 Å². The second kappa shape index (κ2) is 7.83. The molecule has 1 aromatic heterocycles. The molecule has 0 bridgehead atoms. The molecule has 0 aliphatic heterocycles. The number of pyridine rings is 1. The van der Waals surface area contributed by atoms with Crippen LogP contribution in [0.5, 0.6) is 0 Å². The third-order valence-corrected chi connectivity index (χ3v) is 3.86. The number of rotatable bonds is 5. The minimum Gasteiger partial charge on any atom is -0.426 e. The van der Waals surface area contributed by atoms with Gasteiger partial charge in [0.05, 0.1) is 5.69 Å². The number of aromatic nitrogens is 1. The van der Waals surface area contributed by atoms with Crippen LogP contribution in [0.25, 0.3) is 11.3 Å². The number of hydrogen-bond acceptors (Lipinski definition) is 5. The Balaban J connectivity index is 2.47. The third-order valence-electron chi connectivity index (χ3n) is 3.86. The summed E-state index contributed by atoms with van der Waals surface area (Å²) in [6, 6.07) is 9.02. The highest BCUT2D eigenvalue weighted by molar-refractivity contribution is 6.04. The summed E-state index contributed by atoms with van der Waals surface area (Å²) < 4.78 is 5.01. The molecule has 0 atom stereocenters. The lowest BCUT2D eigenvalue weighted by atomic mass is 9.91. The molecule has 1 heterocycles. The Kier molecular flexibility index (Phi) is 5.80. The number of nitrogens with zero attached hydrogens (tertiary/aromatic N) is 1. The highest BCUT2D eigenvalue weighted by atomic mass is 16.5. The van der Waals surface area contributed by atoms with Crippen molar-refractivity contribution in [2.45, 2.75) is 34.1 Å². The maximum absolute atomic E-state index is 12.7. The van der Waals surface area contributed by atoms with E-state index in [4.69, 9.17) is 15.6 Å². The Morgan fingerprint density at radius 3 is 2.32 bits per heavy atom. The molecule has 0 amide bonds. The summed E-state index contributed by atoms with van der Waals surface area (Å²) in [5.74, 6) is -0.131. The van der Waals surface area contributed by atoms with Gasteiger partial charge < -0.3 is 4.74 Å². The number of ketones is 1. The fourth-order valence-corrected chi connectivity index (χ4v) is 2.57. The second-order valence-corrected chi connectivity index (χ2v) is 6.13. The van der Waals surface area contributed by atoms with Gasteiger partial charge in [0, 0.05) is 35.7 Å². The third kappa shape index (κ3) is 4.18. The predicted molar refractivity (Wildman–Crippen MR) is 99.5 cm³/mol. The summed E-state index contributed by atoms with van der Waals surface area (Å²) in [5.41, 5.74) is 3.72. The van der Waals surface area contributed by atoms with Crippen molar-refractivity contribution < 1.29 is 9.53 Å². The number of Topliss-reactive ketones (excluding diaryl/α,β-unsaturated/α-hetero) is 1. The van der Waals surface area contributed by atoms with Gasteiger partial charge >= 0.3 is 0 Å². The lowest BCUT2D eigenvalue weighted by Gasteiger charge is -2.14. The lowest BCUT2D eigenvalue weighted by Crippen LogP contribution is -2.13. The molecule has 0 radical (unpaired) electrons. The van der Waals surface area contributed by atoms with Gasteiger partial charge in [-0.2, -0.15) is 0 Å². The first-order chi connectivity index (χ1) is 11.8. The van der Waals surface area contributed by atoms with E-state index in [1.54, 1.807) is 18.3 Å². The maximum atomic E-state index is 12.7. The number of carbonyl (C=O) groups is 1. The van der Waals surface area contributed by atoms with Crippen molar-refractivity contribution in [3.05, 3.63) is 53.2 Å². The van der Waals surface area contributed by atoms with Crippen molar-refractivity contribution in [1.82, 2.24) is 4.98 Å². The van der Waals surface area contributed by atoms with Crippen LogP contribution in [0.3, 0.4) is 0 Å². The van der Waals surface area contributed by atoms with Gasteiger partial charge in [-0.1, -0.05) is 32.9 Å². The van der Waals surface area contributed by atoms with Crippen LogP contribution >= 0.6 is 0 Å². The molecule has 0 saturated carbocycles. The Bertz CT molecular complexity index is 808. The summed E-state index contributed by atoms with van der Waals surface area (Å²) in [6.07, 6.45) is 2.49. The Morgan fingerprint density at radius 1 is 1.16 bits per heavy atom. The number of aryl methyl sites for hydroxylation is 1. The van der Waals surface area contributed by atoms with Crippen LogP contribution in [-0.2, 0) is 11.2 Å². The fourth-order valence-electron chi connectivity index (χ4n) is 2.57. The number of ether oxygens (including phenoxy) is 1. The normalized spacial score (nSPS) is 10.6. The number of benzene rings is 1. The summed E-state index contributed by atoms with van der Waals surface area (Å²) in [7, 11) is 0. The van der Waals surface area contributed by atoms with Crippen molar-refractivity contribution in [3.8, 4) is 11.3 Å². The van der Waals surface area contributed by atoms with Gasteiger partial charge in [0.15, 0.2) is 11.7 Å². The minimum atomic E-state index is -0.107. The van der Waals surface area contributed by atoms with Crippen LogP contribution in [0, 0.1) is 16.7 Å². The molecule has 2 aromatic rings. The van der Waals surface area contributed by atoms with E-state index in [-0.39, 0.29) is 23.5 Å². The molecule has 0 saturated heterocycles. The van der Waals surface area contributed by atoms with Gasteiger partial charge in [0.2, 0.25) is 5.90 Å². The van der Waals surface area contributed by atoms with Gasteiger partial charge in [-0.15, -0.1) is 0 Å². The van der Waals surface area contributed by atoms with Gasteiger partial charge in [0.25, 0.3) is 0 Å². The predicted octanol–water partition coefficient (Wildman–Crippen LogP) is 4.49. The fraction of sp³-hybridized carbons (Fsp3) is 0.300. The van der Waals surface area contributed by atoms with Crippen molar-refractivity contribution >= 4 is 17.6 Å². The van der Waals surface area contributed by atoms with E-state index >= 15 is 0 Å². The molecular weight excluding hydrogens is 314 g/mol. The number of hydrogen-bond donors (Lipinski definition) is 2. The standard InChI is InChI=1S/C20H23N3O2/c1-5-14-10-11-23-18(17(14)19(24)12(2)3)15-6-8-16(9-7-15)20(22)25-13(4)21/h6-12,21-22H,5H2,1-4H3. The maximum Gasteiger partial charge on any atom is 0.220 e. The van der Waals surface area contributed by atoms with E-state index in [2.05, 4.69) is 4.98 Å². The largest absolute Gasteiger partial charge is 0.426 e. The molecule has 5 nitrogen and oxygen atoms in total. The molecule has 0 fully saturated rings. The quantitative estimate of drug-likeness (QED) is 0.479. The smallest absolute Gasteiger partial charge is 0.220 e. The molecular formula is C20H23N3O2. The van der Waals surface area contributed by atoms with E-state index < -0.39 is 0 Å². The highest BCUT2D eigenvalue weighted by Gasteiger charge is 2.20. The monoisotopic (exact) mass is 337 g/mol. The van der Waals surface area contributed by atoms with Crippen LogP contribution in [0.4, 0.5) is 0 Å². The summed E-state index contributed by atoms with van der Waals surface area (Å²) in [6.45, 7) is 7.28. The average Bonchev–Trinajstić information content (AvgIpc) is 2.59. The molecule has 2 N–H and O–H groups in total. The zero-order valence-electron chi connectivity index (χ0n) is 15.0. The average molecular weight is 337 g/mol. The summed E-state index contributed by atoms with van der Waals surface area (Å²) >= 11 is 0. The van der Waals surface area contributed by atoms with Crippen molar-refractivity contribution in [1.29, 1.82) is 10.8 Å². The SMILES string of the molecule is CCc1ccnc(-c2ccc(C(=N)OC(C)=N)cc2)c1C(=O)C(C)C. The molecule has 0 unspecified atom stereocenters. The van der Waals surface area contributed by atoms with Gasteiger partial charge in [-0.25, -0.2) is 0 Å². The van der Waals surface area contributed by atoms with Crippen LogP contribution in [0.15, 0.2) is 36.5 Å². The van der Waals surface area contributed by atoms with Crippen LogP contribution in [0.1, 0.15) is 49.2 Å². The van der Waals surface area contributed by atoms with E-state index in [1.807, 2.05) is 39.0 Å². The molecule has 25 heavy (non-hydrogen) atoms.